The summed E-state index contributed by atoms with van der Waals surface area (Å²) in [7, 11) is 0. The van der Waals surface area contributed by atoms with Crippen LogP contribution in [0.1, 0.15) is 31.7 Å². The van der Waals surface area contributed by atoms with Crippen LogP contribution in [0.25, 0.3) is 0 Å². The number of halogens is 2. The van der Waals surface area contributed by atoms with Crippen molar-refractivity contribution in [2.45, 2.75) is 31.8 Å². The van der Waals surface area contributed by atoms with Gasteiger partial charge in [-0.25, -0.2) is 8.78 Å². The molecule has 1 saturated carbocycles. The fourth-order valence-electron chi connectivity index (χ4n) is 2.09. The van der Waals surface area contributed by atoms with Crippen LogP contribution in [0.2, 0.25) is 0 Å². The largest absolute Gasteiger partial charge is 0.385 e. The van der Waals surface area contributed by atoms with E-state index in [1.807, 2.05) is 6.92 Å². The molecule has 1 aliphatic rings. The highest BCUT2D eigenvalue weighted by Crippen LogP contribution is 2.47. The Kier molecular flexibility index (Phi) is 2.51. The number of aliphatic hydroxyl groups is 1. The van der Waals surface area contributed by atoms with E-state index in [1.54, 1.807) is 0 Å². The Morgan fingerprint density at radius 2 is 1.80 bits per heavy atom. The molecule has 82 valence electrons. The Labute approximate surface area is 87.7 Å². The molecule has 1 aliphatic carbocycles. The van der Waals surface area contributed by atoms with Gasteiger partial charge in [0.15, 0.2) is 0 Å². The van der Waals surface area contributed by atoms with Gasteiger partial charge < -0.3 is 5.11 Å². The highest BCUT2D eigenvalue weighted by atomic mass is 19.1. The average molecular weight is 212 g/mol. The molecule has 0 aromatic heterocycles. The van der Waals surface area contributed by atoms with E-state index in [0.717, 1.165) is 18.9 Å². The van der Waals surface area contributed by atoms with E-state index in [-0.39, 0.29) is 5.92 Å². The first-order valence-electron chi connectivity index (χ1n) is 5.25. The average Bonchev–Trinajstić information content (AvgIpc) is 2.98. The summed E-state index contributed by atoms with van der Waals surface area (Å²) in [4.78, 5) is 0. The highest BCUT2D eigenvalue weighted by molar-refractivity contribution is 5.26. The topological polar surface area (TPSA) is 20.2 Å². The van der Waals surface area contributed by atoms with Gasteiger partial charge in [-0.05, 0) is 42.9 Å². The number of hydrogen-bond acceptors (Lipinski definition) is 1. The van der Waals surface area contributed by atoms with Gasteiger partial charge in [0.1, 0.15) is 11.6 Å². The van der Waals surface area contributed by atoms with Crippen molar-refractivity contribution in [3.05, 3.63) is 35.4 Å². The van der Waals surface area contributed by atoms with Gasteiger partial charge >= 0.3 is 0 Å². The molecule has 2 rings (SSSR count). The number of rotatable bonds is 3. The molecular weight excluding hydrogens is 198 g/mol. The summed E-state index contributed by atoms with van der Waals surface area (Å²) < 4.78 is 26.1. The van der Waals surface area contributed by atoms with Crippen molar-refractivity contribution in [1.29, 1.82) is 0 Å². The molecule has 0 bridgehead atoms. The summed E-state index contributed by atoms with van der Waals surface area (Å²) in [6.45, 7) is 1.83. The van der Waals surface area contributed by atoms with Crippen LogP contribution < -0.4 is 0 Å². The first kappa shape index (κ1) is 10.6. The van der Waals surface area contributed by atoms with Gasteiger partial charge in [-0.15, -0.1) is 0 Å². The van der Waals surface area contributed by atoms with E-state index in [4.69, 9.17) is 0 Å². The van der Waals surface area contributed by atoms with Crippen molar-refractivity contribution in [3.63, 3.8) is 0 Å². The lowest BCUT2D eigenvalue weighted by atomic mass is 9.86. The second-order valence-corrected chi connectivity index (χ2v) is 4.21. The van der Waals surface area contributed by atoms with Crippen molar-refractivity contribution in [3.8, 4) is 0 Å². The van der Waals surface area contributed by atoms with E-state index in [0.29, 0.717) is 12.0 Å². The first-order valence-corrected chi connectivity index (χ1v) is 5.25. The molecule has 0 radical (unpaired) electrons. The maximum absolute atomic E-state index is 13.0. The number of benzene rings is 1. The third-order valence-electron chi connectivity index (χ3n) is 3.15. The lowest BCUT2D eigenvalue weighted by Gasteiger charge is -2.27. The molecule has 1 N–H and O–H groups in total. The van der Waals surface area contributed by atoms with Crippen molar-refractivity contribution >= 4 is 0 Å². The van der Waals surface area contributed by atoms with Crippen LogP contribution in [0.5, 0.6) is 0 Å². The smallest absolute Gasteiger partial charge is 0.126 e. The summed E-state index contributed by atoms with van der Waals surface area (Å²) in [5.41, 5.74) is -0.687. The summed E-state index contributed by atoms with van der Waals surface area (Å²) >= 11 is 0. The third kappa shape index (κ3) is 1.88. The molecule has 0 spiro atoms. The molecule has 1 nitrogen and oxygen atoms in total. The van der Waals surface area contributed by atoms with E-state index in [2.05, 4.69) is 0 Å². The van der Waals surface area contributed by atoms with Crippen molar-refractivity contribution in [2.24, 2.45) is 5.92 Å². The second kappa shape index (κ2) is 3.56. The molecule has 3 heteroatoms. The molecule has 15 heavy (non-hydrogen) atoms. The zero-order valence-electron chi connectivity index (χ0n) is 8.63. The van der Waals surface area contributed by atoms with E-state index in [9.17, 15) is 13.9 Å². The molecule has 1 aromatic rings. The molecule has 1 aromatic carbocycles. The Morgan fingerprint density at radius 1 is 1.27 bits per heavy atom. The number of hydrogen-bond donors (Lipinski definition) is 1. The molecule has 0 saturated heterocycles. The van der Waals surface area contributed by atoms with Crippen LogP contribution >= 0.6 is 0 Å². The van der Waals surface area contributed by atoms with Gasteiger partial charge in [0, 0.05) is 6.07 Å². The second-order valence-electron chi connectivity index (χ2n) is 4.21. The lowest BCUT2D eigenvalue weighted by Crippen LogP contribution is -2.27. The normalized spacial score (nSPS) is 20.0. The fourth-order valence-corrected chi connectivity index (χ4v) is 2.09. The van der Waals surface area contributed by atoms with Gasteiger partial charge in [-0.2, -0.15) is 0 Å². The van der Waals surface area contributed by atoms with E-state index in [1.165, 1.54) is 12.1 Å². The minimum Gasteiger partial charge on any atom is -0.385 e. The minimum atomic E-state index is -1.05. The maximum Gasteiger partial charge on any atom is 0.126 e. The van der Waals surface area contributed by atoms with Crippen LogP contribution in [-0.2, 0) is 5.60 Å². The first-order chi connectivity index (χ1) is 7.06. The Hall–Kier alpha value is -0.960. The van der Waals surface area contributed by atoms with Crippen LogP contribution in [0.3, 0.4) is 0 Å². The van der Waals surface area contributed by atoms with Crippen LogP contribution in [0.15, 0.2) is 18.2 Å². The Balaban J connectivity index is 2.41. The molecule has 0 heterocycles. The predicted molar refractivity (Wildman–Crippen MR) is 53.3 cm³/mol. The quantitative estimate of drug-likeness (QED) is 0.816. The molecule has 0 amide bonds. The van der Waals surface area contributed by atoms with Gasteiger partial charge in [-0.3, -0.25) is 0 Å². The molecule has 1 fully saturated rings. The van der Waals surface area contributed by atoms with Crippen LogP contribution in [-0.4, -0.2) is 5.11 Å². The zero-order chi connectivity index (χ0) is 11.1. The monoisotopic (exact) mass is 212 g/mol. The Morgan fingerprint density at radius 3 is 2.20 bits per heavy atom. The minimum absolute atomic E-state index is 0.156. The van der Waals surface area contributed by atoms with Gasteiger partial charge in [0.25, 0.3) is 0 Å². The summed E-state index contributed by atoms with van der Waals surface area (Å²) in [5, 5.41) is 10.3. The lowest BCUT2D eigenvalue weighted by molar-refractivity contribution is 0.00833. The summed E-state index contributed by atoms with van der Waals surface area (Å²) in [6, 6.07) is 3.28. The van der Waals surface area contributed by atoms with E-state index >= 15 is 0 Å². The molecule has 0 aliphatic heterocycles. The van der Waals surface area contributed by atoms with Gasteiger partial charge in [0.2, 0.25) is 0 Å². The SMILES string of the molecule is CCC(O)(c1cc(F)cc(F)c1)C1CC1. The third-order valence-corrected chi connectivity index (χ3v) is 3.15. The van der Waals surface area contributed by atoms with Crippen LogP contribution in [0.4, 0.5) is 8.78 Å². The standard InChI is InChI=1S/C12H14F2O/c1-2-12(15,8-3-4-8)9-5-10(13)7-11(14)6-9/h5-8,15H,2-4H2,1H3. The zero-order valence-corrected chi connectivity index (χ0v) is 8.63. The van der Waals surface area contributed by atoms with E-state index < -0.39 is 17.2 Å². The summed E-state index contributed by atoms with van der Waals surface area (Å²) in [5.74, 6) is -1.10. The van der Waals surface area contributed by atoms with Crippen molar-refractivity contribution < 1.29 is 13.9 Å². The summed E-state index contributed by atoms with van der Waals surface area (Å²) in [6.07, 6.45) is 2.35. The van der Waals surface area contributed by atoms with Crippen molar-refractivity contribution in [1.82, 2.24) is 0 Å². The molecular formula is C12H14F2O. The van der Waals surface area contributed by atoms with Gasteiger partial charge in [-0.1, -0.05) is 6.92 Å². The molecule has 1 atom stereocenters. The Bertz CT molecular complexity index is 354. The predicted octanol–water partition coefficient (Wildman–Crippen LogP) is 2.97. The fraction of sp³-hybridized carbons (Fsp3) is 0.500. The molecule has 1 unspecified atom stereocenters. The van der Waals surface area contributed by atoms with Crippen molar-refractivity contribution in [2.75, 3.05) is 0 Å². The van der Waals surface area contributed by atoms with Crippen LogP contribution in [0, 0.1) is 17.6 Å². The maximum atomic E-state index is 13.0. The highest BCUT2D eigenvalue weighted by Gasteiger charge is 2.43. The van der Waals surface area contributed by atoms with Gasteiger partial charge in [0.05, 0.1) is 5.60 Å².